The van der Waals surface area contributed by atoms with Crippen LogP contribution in [-0.2, 0) is 20.8 Å². The van der Waals surface area contributed by atoms with Crippen molar-refractivity contribution in [3.63, 3.8) is 0 Å². The molecule has 0 bridgehead atoms. The van der Waals surface area contributed by atoms with E-state index < -0.39 is 11.8 Å². The highest BCUT2D eigenvalue weighted by Gasteiger charge is 2.15. The molecule has 0 spiro atoms. The smallest absolute Gasteiger partial charge is 0.313 e. The first-order valence-corrected chi connectivity index (χ1v) is 9.24. The lowest BCUT2D eigenvalue weighted by atomic mass is 10.1. The third kappa shape index (κ3) is 4.95. The Balaban J connectivity index is 1.59. The molecule has 0 fully saturated rings. The van der Waals surface area contributed by atoms with Gasteiger partial charge in [0.2, 0.25) is 5.91 Å². The zero-order valence-corrected chi connectivity index (χ0v) is 16.3. The standard InChI is InChI=1S/C22H22N4O3/c1-14-18(25-15(2)27)9-4-10-19(14)26-22(29)21(28)24-13-11-17-7-3-6-16-8-5-12-23-20(16)17/h3-10,12H,11,13H2,1-2H3,(H,24,28)(H,25,27)(H,26,29). The molecule has 3 aromatic rings. The van der Waals surface area contributed by atoms with Crippen molar-refractivity contribution in [3.05, 3.63) is 65.9 Å². The van der Waals surface area contributed by atoms with Crippen LogP contribution in [0.4, 0.5) is 11.4 Å². The number of fused-ring (bicyclic) bond motifs is 1. The summed E-state index contributed by atoms with van der Waals surface area (Å²) >= 11 is 0. The number of nitrogens with one attached hydrogen (secondary N) is 3. The molecule has 3 amide bonds. The molecule has 3 rings (SSSR count). The Hall–Kier alpha value is -3.74. The number of hydrogen-bond donors (Lipinski definition) is 3. The van der Waals surface area contributed by atoms with Crippen LogP contribution in [0.5, 0.6) is 0 Å². The lowest BCUT2D eigenvalue weighted by Crippen LogP contribution is -2.36. The third-order valence-electron chi connectivity index (χ3n) is 4.50. The van der Waals surface area contributed by atoms with Crippen molar-refractivity contribution >= 4 is 40.0 Å². The topological polar surface area (TPSA) is 100 Å². The first-order chi connectivity index (χ1) is 14.0. The number of carbonyl (C=O) groups is 3. The average Bonchev–Trinajstić information content (AvgIpc) is 2.70. The van der Waals surface area contributed by atoms with Gasteiger partial charge in [-0.25, -0.2) is 0 Å². The summed E-state index contributed by atoms with van der Waals surface area (Å²) in [4.78, 5) is 40.0. The average molecular weight is 390 g/mol. The molecule has 0 atom stereocenters. The number of benzene rings is 2. The van der Waals surface area contributed by atoms with Crippen LogP contribution in [0.3, 0.4) is 0 Å². The Morgan fingerprint density at radius 2 is 1.59 bits per heavy atom. The second kappa shape index (κ2) is 8.97. The first kappa shape index (κ1) is 20.0. The molecule has 0 saturated heterocycles. The number of carbonyl (C=O) groups excluding carboxylic acids is 3. The number of pyridine rings is 1. The van der Waals surface area contributed by atoms with Crippen molar-refractivity contribution < 1.29 is 14.4 Å². The fraction of sp³-hybridized carbons (Fsp3) is 0.182. The van der Waals surface area contributed by atoms with Crippen molar-refractivity contribution in [2.75, 3.05) is 17.2 Å². The van der Waals surface area contributed by atoms with Gasteiger partial charge in [0.15, 0.2) is 0 Å². The molecule has 29 heavy (non-hydrogen) atoms. The summed E-state index contributed by atoms with van der Waals surface area (Å²) in [6, 6.07) is 14.8. The minimum absolute atomic E-state index is 0.211. The van der Waals surface area contributed by atoms with Crippen LogP contribution in [0.25, 0.3) is 10.9 Å². The van der Waals surface area contributed by atoms with Crippen LogP contribution in [0.2, 0.25) is 0 Å². The fourth-order valence-electron chi connectivity index (χ4n) is 3.04. The fourth-order valence-corrected chi connectivity index (χ4v) is 3.04. The maximum Gasteiger partial charge on any atom is 0.313 e. The van der Waals surface area contributed by atoms with E-state index >= 15 is 0 Å². The zero-order chi connectivity index (χ0) is 20.8. The normalized spacial score (nSPS) is 10.4. The monoisotopic (exact) mass is 390 g/mol. The van der Waals surface area contributed by atoms with Gasteiger partial charge in [-0.2, -0.15) is 0 Å². The molecule has 2 aromatic carbocycles. The lowest BCUT2D eigenvalue weighted by molar-refractivity contribution is -0.136. The van der Waals surface area contributed by atoms with Crippen LogP contribution in [-0.4, -0.2) is 29.3 Å². The maximum atomic E-state index is 12.2. The number of amides is 3. The van der Waals surface area contributed by atoms with Crippen molar-refractivity contribution in [2.45, 2.75) is 20.3 Å². The molecular weight excluding hydrogens is 368 g/mol. The largest absolute Gasteiger partial charge is 0.347 e. The van der Waals surface area contributed by atoms with Gasteiger partial charge in [-0.1, -0.05) is 30.3 Å². The predicted octanol–water partition coefficient (Wildman–Crippen LogP) is 2.80. The Bertz CT molecular complexity index is 1070. The molecule has 7 heteroatoms. The second-order valence-corrected chi connectivity index (χ2v) is 6.61. The van der Waals surface area contributed by atoms with E-state index in [1.807, 2.05) is 30.3 Å². The van der Waals surface area contributed by atoms with Gasteiger partial charge in [0.25, 0.3) is 0 Å². The highest BCUT2D eigenvalue weighted by atomic mass is 16.2. The molecule has 0 radical (unpaired) electrons. The zero-order valence-electron chi connectivity index (χ0n) is 16.3. The second-order valence-electron chi connectivity index (χ2n) is 6.61. The number of nitrogens with zero attached hydrogens (tertiary/aromatic N) is 1. The summed E-state index contributed by atoms with van der Waals surface area (Å²) in [5.41, 5.74) is 3.61. The SMILES string of the molecule is CC(=O)Nc1cccc(NC(=O)C(=O)NCCc2cccc3cccnc23)c1C. The summed E-state index contributed by atoms with van der Waals surface area (Å²) < 4.78 is 0. The molecular formula is C22H22N4O3. The highest BCUT2D eigenvalue weighted by Crippen LogP contribution is 2.23. The minimum Gasteiger partial charge on any atom is -0.347 e. The van der Waals surface area contributed by atoms with E-state index in [9.17, 15) is 14.4 Å². The van der Waals surface area contributed by atoms with Crippen molar-refractivity contribution in [1.29, 1.82) is 0 Å². The van der Waals surface area contributed by atoms with E-state index in [0.29, 0.717) is 29.9 Å². The molecule has 0 aliphatic carbocycles. The van der Waals surface area contributed by atoms with Crippen molar-refractivity contribution in [2.24, 2.45) is 0 Å². The van der Waals surface area contributed by atoms with Crippen LogP contribution in [0.15, 0.2) is 54.7 Å². The number of para-hydroxylation sites is 1. The number of anilines is 2. The Labute approximate surface area is 168 Å². The van der Waals surface area contributed by atoms with Crippen molar-refractivity contribution in [3.8, 4) is 0 Å². The Morgan fingerprint density at radius 3 is 2.34 bits per heavy atom. The van der Waals surface area contributed by atoms with E-state index in [0.717, 1.165) is 16.5 Å². The Morgan fingerprint density at radius 1 is 0.897 bits per heavy atom. The Kier molecular flexibility index (Phi) is 6.19. The first-order valence-electron chi connectivity index (χ1n) is 9.24. The van der Waals surface area contributed by atoms with Gasteiger partial charge in [-0.3, -0.25) is 19.4 Å². The van der Waals surface area contributed by atoms with Gasteiger partial charge in [0.1, 0.15) is 0 Å². The molecule has 1 aromatic heterocycles. The quantitative estimate of drug-likeness (QED) is 0.583. The molecule has 0 aliphatic heterocycles. The maximum absolute atomic E-state index is 12.2. The molecule has 1 heterocycles. The molecule has 0 saturated carbocycles. The van der Waals surface area contributed by atoms with Gasteiger partial charge >= 0.3 is 11.8 Å². The molecule has 3 N–H and O–H groups in total. The van der Waals surface area contributed by atoms with Crippen LogP contribution >= 0.6 is 0 Å². The van der Waals surface area contributed by atoms with Crippen LogP contribution < -0.4 is 16.0 Å². The van der Waals surface area contributed by atoms with Crippen LogP contribution in [0.1, 0.15) is 18.1 Å². The van der Waals surface area contributed by atoms with E-state index in [1.165, 1.54) is 6.92 Å². The summed E-state index contributed by atoms with van der Waals surface area (Å²) in [7, 11) is 0. The number of aromatic nitrogens is 1. The highest BCUT2D eigenvalue weighted by molar-refractivity contribution is 6.39. The van der Waals surface area contributed by atoms with E-state index in [-0.39, 0.29) is 5.91 Å². The lowest BCUT2D eigenvalue weighted by Gasteiger charge is -2.13. The third-order valence-corrected chi connectivity index (χ3v) is 4.50. The van der Waals surface area contributed by atoms with Gasteiger partial charge in [-0.15, -0.1) is 0 Å². The number of hydrogen-bond acceptors (Lipinski definition) is 4. The molecule has 148 valence electrons. The van der Waals surface area contributed by atoms with Gasteiger partial charge in [-0.05, 0) is 42.7 Å². The van der Waals surface area contributed by atoms with Gasteiger partial charge < -0.3 is 16.0 Å². The summed E-state index contributed by atoms with van der Waals surface area (Å²) in [5, 5.41) is 8.94. The predicted molar refractivity (Wildman–Crippen MR) is 113 cm³/mol. The molecule has 0 aliphatic rings. The number of rotatable bonds is 5. The van der Waals surface area contributed by atoms with E-state index in [2.05, 4.69) is 20.9 Å². The van der Waals surface area contributed by atoms with E-state index in [4.69, 9.17) is 0 Å². The van der Waals surface area contributed by atoms with Gasteiger partial charge in [0.05, 0.1) is 5.52 Å². The molecule has 0 unspecified atom stereocenters. The summed E-state index contributed by atoms with van der Waals surface area (Å²) in [6.45, 7) is 3.47. The summed E-state index contributed by atoms with van der Waals surface area (Å²) in [6.07, 6.45) is 2.29. The van der Waals surface area contributed by atoms with Crippen LogP contribution in [0, 0.1) is 6.92 Å². The molecule has 7 nitrogen and oxygen atoms in total. The van der Waals surface area contributed by atoms with Gasteiger partial charge in [0, 0.05) is 36.4 Å². The van der Waals surface area contributed by atoms with Crippen molar-refractivity contribution in [1.82, 2.24) is 10.3 Å². The summed E-state index contributed by atoms with van der Waals surface area (Å²) in [5.74, 6) is -1.69. The van der Waals surface area contributed by atoms with E-state index in [1.54, 1.807) is 31.3 Å². The minimum atomic E-state index is -0.760.